The number of aryl methyl sites for hydroxylation is 1. The van der Waals surface area contributed by atoms with E-state index in [4.69, 9.17) is 9.97 Å². The quantitative estimate of drug-likeness (QED) is 0.674. The number of H-pyrrole nitrogens is 1. The second kappa shape index (κ2) is 7.24. The lowest BCUT2D eigenvalue weighted by atomic mass is 9.77. The molecule has 1 saturated carbocycles. The van der Waals surface area contributed by atoms with Crippen LogP contribution < -0.4 is 4.90 Å². The van der Waals surface area contributed by atoms with Crippen molar-refractivity contribution in [2.75, 3.05) is 31.1 Å². The minimum Gasteiger partial charge on any atom is -0.391 e. The molecule has 2 N–H and O–H groups in total. The first-order valence-electron chi connectivity index (χ1n) is 11.4. The Morgan fingerprint density at radius 2 is 1.94 bits per heavy atom. The Bertz CT molecular complexity index is 1100. The molecule has 1 spiro atoms. The predicted molar refractivity (Wildman–Crippen MR) is 119 cm³/mol. The van der Waals surface area contributed by atoms with Crippen LogP contribution in [0.1, 0.15) is 37.8 Å². The van der Waals surface area contributed by atoms with Crippen LogP contribution in [0.4, 0.5) is 5.82 Å². The summed E-state index contributed by atoms with van der Waals surface area (Å²) in [4.78, 5) is 19.0. The standard InChI is InChI=1S/C23H29N7O/c1-15-17(12-25-28-15)21-26-18-13-24-8-4-16(18)22(27-21)29-9-5-23(6-10-29)7-11-30(14-23)19-2-3-20(19)31/h4,8,12-13,19-20,31H,2-3,5-7,9-11,14H2,1H3,(H,25,28)/t19-,20-/m0/s1. The number of aliphatic hydroxyl groups excluding tert-OH is 1. The van der Waals surface area contributed by atoms with E-state index >= 15 is 0 Å². The topological polar surface area (TPSA) is 94.1 Å². The van der Waals surface area contributed by atoms with Gasteiger partial charge in [0.25, 0.3) is 0 Å². The Kier molecular flexibility index (Phi) is 4.47. The number of aliphatic hydroxyl groups is 1. The molecule has 2 aliphatic heterocycles. The van der Waals surface area contributed by atoms with Crippen molar-refractivity contribution in [1.82, 2.24) is 30.0 Å². The van der Waals surface area contributed by atoms with E-state index in [0.29, 0.717) is 17.3 Å². The highest BCUT2D eigenvalue weighted by atomic mass is 16.3. The number of piperidine rings is 1. The molecule has 162 valence electrons. The lowest BCUT2D eigenvalue weighted by Gasteiger charge is -2.43. The molecule has 0 amide bonds. The summed E-state index contributed by atoms with van der Waals surface area (Å²) in [7, 11) is 0. The van der Waals surface area contributed by atoms with Gasteiger partial charge in [-0.2, -0.15) is 5.10 Å². The molecule has 3 aromatic rings. The molecule has 2 saturated heterocycles. The van der Waals surface area contributed by atoms with E-state index in [1.165, 1.54) is 19.3 Å². The SMILES string of the molecule is Cc1[nH]ncc1-c1nc(N2CCC3(CC2)CCN([C@H]2CC[C@@H]2O)C3)c2ccncc2n1. The maximum absolute atomic E-state index is 10.1. The number of rotatable bonds is 3. The molecule has 0 aromatic carbocycles. The molecule has 6 rings (SSSR count). The molecule has 5 heterocycles. The molecule has 1 aliphatic carbocycles. The lowest BCUT2D eigenvalue weighted by Crippen LogP contribution is -2.51. The van der Waals surface area contributed by atoms with Crippen molar-refractivity contribution < 1.29 is 5.11 Å². The van der Waals surface area contributed by atoms with Gasteiger partial charge in [0, 0.05) is 43.0 Å². The number of likely N-dealkylation sites (tertiary alicyclic amines) is 1. The number of nitrogens with zero attached hydrogens (tertiary/aromatic N) is 6. The highest BCUT2D eigenvalue weighted by Crippen LogP contribution is 2.44. The lowest BCUT2D eigenvalue weighted by molar-refractivity contribution is -0.0164. The average molecular weight is 420 g/mol. The summed E-state index contributed by atoms with van der Waals surface area (Å²) in [6.45, 7) is 6.26. The van der Waals surface area contributed by atoms with E-state index in [2.05, 4.69) is 25.0 Å². The average Bonchev–Trinajstić information content (AvgIpc) is 3.39. The number of nitrogens with one attached hydrogen (secondary N) is 1. The molecule has 3 aromatic heterocycles. The maximum Gasteiger partial charge on any atom is 0.165 e. The van der Waals surface area contributed by atoms with E-state index in [0.717, 1.165) is 67.0 Å². The zero-order valence-corrected chi connectivity index (χ0v) is 18.0. The van der Waals surface area contributed by atoms with Crippen LogP contribution in [0, 0.1) is 12.3 Å². The molecule has 0 radical (unpaired) electrons. The Hall–Kier alpha value is -2.58. The van der Waals surface area contributed by atoms with Crippen LogP contribution in [-0.4, -0.2) is 73.5 Å². The summed E-state index contributed by atoms with van der Waals surface area (Å²) in [6, 6.07) is 2.42. The Balaban J connectivity index is 1.26. The smallest absolute Gasteiger partial charge is 0.165 e. The van der Waals surface area contributed by atoms with Crippen LogP contribution in [0.15, 0.2) is 24.7 Å². The first-order chi connectivity index (χ1) is 15.1. The van der Waals surface area contributed by atoms with Crippen molar-refractivity contribution in [2.24, 2.45) is 5.41 Å². The minimum atomic E-state index is -0.110. The number of fused-ring (bicyclic) bond motifs is 1. The van der Waals surface area contributed by atoms with Crippen molar-refractivity contribution in [3.8, 4) is 11.4 Å². The van der Waals surface area contributed by atoms with Crippen molar-refractivity contribution in [1.29, 1.82) is 0 Å². The van der Waals surface area contributed by atoms with Crippen molar-refractivity contribution in [3.63, 3.8) is 0 Å². The number of anilines is 1. The summed E-state index contributed by atoms with van der Waals surface area (Å²) in [5, 5.41) is 18.3. The first-order valence-corrected chi connectivity index (χ1v) is 11.4. The molecular weight excluding hydrogens is 390 g/mol. The van der Waals surface area contributed by atoms with Crippen LogP contribution in [0.25, 0.3) is 22.3 Å². The van der Waals surface area contributed by atoms with Gasteiger partial charge in [-0.15, -0.1) is 0 Å². The van der Waals surface area contributed by atoms with E-state index in [-0.39, 0.29) is 6.10 Å². The first kappa shape index (κ1) is 19.1. The van der Waals surface area contributed by atoms with E-state index in [1.807, 2.05) is 25.4 Å². The fraction of sp³-hybridized carbons (Fsp3) is 0.565. The predicted octanol–water partition coefficient (Wildman–Crippen LogP) is 2.54. The van der Waals surface area contributed by atoms with E-state index < -0.39 is 0 Å². The number of hydrogen-bond acceptors (Lipinski definition) is 7. The van der Waals surface area contributed by atoms with Gasteiger partial charge in [0.2, 0.25) is 0 Å². The van der Waals surface area contributed by atoms with E-state index in [1.54, 1.807) is 6.20 Å². The molecule has 3 fully saturated rings. The van der Waals surface area contributed by atoms with Gasteiger partial charge in [-0.25, -0.2) is 9.97 Å². The fourth-order valence-corrected chi connectivity index (χ4v) is 5.65. The summed E-state index contributed by atoms with van der Waals surface area (Å²) in [5.74, 6) is 1.70. The summed E-state index contributed by atoms with van der Waals surface area (Å²) < 4.78 is 0. The zero-order chi connectivity index (χ0) is 21.0. The van der Waals surface area contributed by atoms with Gasteiger partial charge >= 0.3 is 0 Å². The summed E-state index contributed by atoms with van der Waals surface area (Å²) >= 11 is 0. The third kappa shape index (κ3) is 3.20. The second-order valence-corrected chi connectivity index (χ2v) is 9.59. The summed E-state index contributed by atoms with van der Waals surface area (Å²) in [6.07, 6.45) is 11.0. The van der Waals surface area contributed by atoms with Gasteiger partial charge in [0.15, 0.2) is 5.82 Å². The van der Waals surface area contributed by atoms with Crippen LogP contribution in [0.5, 0.6) is 0 Å². The molecule has 0 unspecified atom stereocenters. The zero-order valence-electron chi connectivity index (χ0n) is 18.0. The maximum atomic E-state index is 10.1. The van der Waals surface area contributed by atoms with Crippen LogP contribution in [0.3, 0.4) is 0 Å². The number of pyridine rings is 1. The largest absolute Gasteiger partial charge is 0.391 e. The second-order valence-electron chi connectivity index (χ2n) is 9.59. The van der Waals surface area contributed by atoms with Gasteiger partial charge < -0.3 is 10.0 Å². The summed E-state index contributed by atoms with van der Waals surface area (Å²) in [5.41, 5.74) is 3.16. The highest BCUT2D eigenvalue weighted by Gasteiger charge is 2.45. The van der Waals surface area contributed by atoms with Crippen molar-refractivity contribution in [3.05, 3.63) is 30.4 Å². The van der Waals surface area contributed by atoms with Crippen LogP contribution in [0.2, 0.25) is 0 Å². The van der Waals surface area contributed by atoms with Crippen LogP contribution >= 0.6 is 0 Å². The molecule has 2 atom stereocenters. The molecule has 31 heavy (non-hydrogen) atoms. The van der Waals surface area contributed by atoms with Crippen molar-refractivity contribution >= 4 is 16.7 Å². The van der Waals surface area contributed by atoms with Gasteiger partial charge in [-0.3, -0.25) is 15.0 Å². The van der Waals surface area contributed by atoms with Crippen molar-refractivity contribution in [2.45, 2.75) is 51.2 Å². The third-order valence-electron chi connectivity index (χ3n) is 7.81. The fourth-order valence-electron chi connectivity index (χ4n) is 5.65. The Morgan fingerprint density at radius 1 is 1.10 bits per heavy atom. The minimum absolute atomic E-state index is 0.110. The number of aromatic nitrogens is 5. The van der Waals surface area contributed by atoms with Gasteiger partial charge in [-0.05, 0) is 57.1 Å². The van der Waals surface area contributed by atoms with Gasteiger partial charge in [-0.1, -0.05) is 0 Å². The van der Waals surface area contributed by atoms with Crippen LogP contribution in [-0.2, 0) is 0 Å². The number of aromatic amines is 1. The van der Waals surface area contributed by atoms with E-state index in [9.17, 15) is 5.11 Å². The molecular formula is C23H29N7O. The normalized spacial score (nSPS) is 25.9. The highest BCUT2D eigenvalue weighted by molar-refractivity contribution is 5.90. The van der Waals surface area contributed by atoms with Gasteiger partial charge in [0.05, 0.1) is 29.6 Å². The third-order valence-corrected chi connectivity index (χ3v) is 7.81. The molecule has 3 aliphatic rings. The molecule has 8 nitrogen and oxygen atoms in total. The Labute approximate surface area is 181 Å². The monoisotopic (exact) mass is 419 g/mol. The number of hydrogen-bond donors (Lipinski definition) is 2. The Morgan fingerprint density at radius 3 is 2.65 bits per heavy atom. The molecule has 0 bridgehead atoms. The molecule has 8 heteroatoms. The van der Waals surface area contributed by atoms with Gasteiger partial charge in [0.1, 0.15) is 5.82 Å².